The van der Waals surface area contributed by atoms with E-state index in [1.807, 2.05) is 0 Å². The molecule has 0 aromatic carbocycles. The maximum absolute atomic E-state index is 12.7. The minimum atomic E-state index is -0.674. The second-order valence-corrected chi connectivity index (χ2v) is 10.0. The van der Waals surface area contributed by atoms with Gasteiger partial charge in [0.05, 0.1) is 13.2 Å². The van der Waals surface area contributed by atoms with E-state index in [4.69, 9.17) is 9.47 Å². The van der Waals surface area contributed by atoms with E-state index in [1.165, 1.54) is 7.11 Å². The maximum atomic E-state index is 12.7. The number of methoxy groups -OCH3 is 1. The highest BCUT2D eigenvalue weighted by atomic mass is 16.6. The lowest BCUT2D eigenvalue weighted by atomic mass is 9.44. The lowest BCUT2D eigenvalue weighted by Crippen LogP contribution is -2.60. The highest BCUT2D eigenvalue weighted by Crippen LogP contribution is 2.72. The number of carbonyl (C=O) groups excluding carboxylic acids is 2. The Morgan fingerprint density at radius 2 is 1.92 bits per heavy atom. The van der Waals surface area contributed by atoms with Crippen molar-refractivity contribution in [3.8, 4) is 0 Å². The van der Waals surface area contributed by atoms with Crippen LogP contribution in [0.15, 0.2) is 0 Å². The van der Waals surface area contributed by atoms with E-state index in [0.29, 0.717) is 24.2 Å². The van der Waals surface area contributed by atoms with Crippen LogP contribution in [0.25, 0.3) is 0 Å². The zero-order valence-corrected chi connectivity index (χ0v) is 16.0. The van der Waals surface area contributed by atoms with Crippen molar-refractivity contribution in [1.29, 1.82) is 0 Å². The first-order chi connectivity index (χ1) is 12.3. The molecule has 1 aliphatic heterocycles. The number of hydrogen-bond acceptors (Lipinski definition) is 5. The van der Waals surface area contributed by atoms with Gasteiger partial charge in [-0.15, -0.1) is 0 Å². The minimum absolute atomic E-state index is 0.0398. The van der Waals surface area contributed by atoms with Crippen molar-refractivity contribution in [2.24, 2.45) is 34.5 Å². The molecule has 5 aliphatic rings. The van der Waals surface area contributed by atoms with Crippen LogP contribution in [0.4, 0.5) is 0 Å². The molecule has 0 radical (unpaired) electrons. The van der Waals surface area contributed by atoms with Crippen LogP contribution in [0.2, 0.25) is 0 Å². The summed E-state index contributed by atoms with van der Waals surface area (Å²) in [5.74, 6) is 0.440. The molecule has 5 nitrogen and oxygen atoms in total. The minimum Gasteiger partial charge on any atom is -0.468 e. The van der Waals surface area contributed by atoms with E-state index in [0.717, 1.165) is 38.5 Å². The zero-order chi connectivity index (χ0) is 18.5. The van der Waals surface area contributed by atoms with Crippen molar-refractivity contribution < 1.29 is 24.2 Å². The average molecular weight is 362 g/mol. The second kappa shape index (κ2) is 5.11. The fourth-order valence-corrected chi connectivity index (χ4v) is 7.90. The van der Waals surface area contributed by atoms with Gasteiger partial charge >= 0.3 is 5.97 Å². The molecule has 1 heterocycles. The third kappa shape index (κ3) is 1.80. The number of aliphatic hydroxyl groups excluding tert-OH is 1. The van der Waals surface area contributed by atoms with Gasteiger partial charge in [0.25, 0.3) is 0 Å². The summed E-state index contributed by atoms with van der Waals surface area (Å²) in [5.41, 5.74) is -0.457. The molecule has 0 aromatic rings. The smallest absolute Gasteiger partial charge is 0.316 e. The SMILES string of the molecule is COC(=O)C1C[C@]2(C)C3CC[C@@]4(C)C(CC[C@@H]4O)C3CC[C@]23O[C@@H]3C1=O. The van der Waals surface area contributed by atoms with Crippen molar-refractivity contribution in [3.63, 3.8) is 0 Å². The van der Waals surface area contributed by atoms with Crippen LogP contribution >= 0.6 is 0 Å². The number of ketones is 1. The Bertz CT molecular complexity index is 675. The highest BCUT2D eigenvalue weighted by Gasteiger charge is 2.78. The summed E-state index contributed by atoms with van der Waals surface area (Å²) in [5, 5.41) is 10.6. The summed E-state index contributed by atoms with van der Waals surface area (Å²) >= 11 is 0. The molecular weight excluding hydrogens is 332 g/mol. The molecule has 4 aliphatic carbocycles. The van der Waals surface area contributed by atoms with Gasteiger partial charge < -0.3 is 14.6 Å². The highest BCUT2D eigenvalue weighted by molar-refractivity contribution is 6.04. The van der Waals surface area contributed by atoms with Gasteiger partial charge in [0, 0.05) is 5.41 Å². The normalized spacial score (nSPS) is 57.5. The third-order valence-electron chi connectivity index (χ3n) is 9.43. The lowest BCUT2D eigenvalue weighted by molar-refractivity contribution is -0.160. The van der Waals surface area contributed by atoms with Crippen LogP contribution in [-0.2, 0) is 19.1 Å². The number of rotatable bonds is 1. The Labute approximate surface area is 154 Å². The standard InChI is InChI=1S/C21H30O5/c1-19-8-7-14-11(13(19)4-5-15(19)22)6-9-21-17(26-21)16(23)12(18(24)25-3)10-20(14,21)2/h11-15,17,22H,4-10H2,1-3H3/t11?,12?,13?,14?,15-,17+,19-,20+,21+/m0/s1. The van der Waals surface area contributed by atoms with E-state index in [-0.39, 0.29) is 28.3 Å². The van der Waals surface area contributed by atoms with Crippen molar-refractivity contribution in [2.75, 3.05) is 7.11 Å². The summed E-state index contributed by atoms with van der Waals surface area (Å²) < 4.78 is 11.0. The number of ether oxygens (including phenoxy) is 2. The van der Waals surface area contributed by atoms with Gasteiger partial charge in [-0.3, -0.25) is 9.59 Å². The molecule has 26 heavy (non-hydrogen) atoms. The summed E-state index contributed by atoms with van der Waals surface area (Å²) in [6.07, 6.45) is 6.07. The molecule has 4 unspecified atom stereocenters. The molecule has 4 saturated carbocycles. The number of fused-ring (bicyclic) bond motifs is 4. The zero-order valence-electron chi connectivity index (χ0n) is 16.0. The largest absolute Gasteiger partial charge is 0.468 e. The van der Waals surface area contributed by atoms with E-state index in [2.05, 4.69) is 13.8 Å². The monoisotopic (exact) mass is 362 g/mol. The summed E-state index contributed by atoms with van der Waals surface area (Å²) in [6.45, 7) is 4.54. The number of epoxide rings is 1. The van der Waals surface area contributed by atoms with Crippen molar-refractivity contribution in [3.05, 3.63) is 0 Å². The number of aliphatic hydroxyl groups is 1. The van der Waals surface area contributed by atoms with Crippen LogP contribution < -0.4 is 0 Å². The van der Waals surface area contributed by atoms with Crippen LogP contribution in [0.1, 0.15) is 58.8 Å². The number of Topliss-reactive ketones (excluding diaryl/α,β-unsaturated/α-hetero) is 1. The van der Waals surface area contributed by atoms with Crippen molar-refractivity contribution in [1.82, 2.24) is 0 Å². The average Bonchev–Trinajstić information content (AvgIpc) is 3.29. The fourth-order valence-electron chi connectivity index (χ4n) is 7.90. The predicted octanol–water partition coefficient (Wildman–Crippen LogP) is 2.49. The predicted molar refractivity (Wildman–Crippen MR) is 93.1 cm³/mol. The first-order valence-corrected chi connectivity index (χ1v) is 10.3. The Kier molecular flexibility index (Phi) is 3.37. The molecule has 0 amide bonds. The van der Waals surface area contributed by atoms with E-state index in [1.54, 1.807) is 0 Å². The molecule has 5 fully saturated rings. The van der Waals surface area contributed by atoms with Gasteiger partial charge in [-0.2, -0.15) is 0 Å². The second-order valence-electron chi connectivity index (χ2n) is 10.0. The Balaban J connectivity index is 1.51. The molecule has 1 N–H and O–H groups in total. The first kappa shape index (κ1) is 17.2. The molecule has 1 saturated heterocycles. The van der Waals surface area contributed by atoms with Gasteiger partial charge in [0.2, 0.25) is 0 Å². The third-order valence-corrected chi connectivity index (χ3v) is 9.43. The molecular formula is C21H30O5. The fraction of sp³-hybridized carbons (Fsp3) is 0.905. The number of esters is 1. The summed E-state index contributed by atoms with van der Waals surface area (Å²) in [7, 11) is 1.36. The van der Waals surface area contributed by atoms with Gasteiger partial charge in [0.15, 0.2) is 5.78 Å². The van der Waals surface area contributed by atoms with Crippen LogP contribution in [0, 0.1) is 34.5 Å². The molecule has 144 valence electrons. The van der Waals surface area contributed by atoms with Gasteiger partial charge in [-0.05, 0) is 68.1 Å². The first-order valence-electron chi connectivity index (χ1n) is 10.3. The Hall–Kier alpha value is -0.940. The van der Waals surface area contributed by atoms with Crippen LogP contribution in [0.5, 0.6) is 0 Å². The number of carbonyl (C=O) groups is 2. The van der Waals surface area contributed by atoms with E-state index in [9.17, 15) is 14.7 Å². The molecule has 0 bridgehead atoms. The molecule has 9 atom stereocenters. The maximum Gasteiger partial charge on any atom is 0.316 e. The molecule has 5 rings (SSSR count). The lowest BCUT2D eigenvalue weighted by Gasteiger charge is -2.59. The van der Waals surface area contributed by atoms with E-state index < -0.39 is 18.0 Å². The quantitative estimate of drug-likeness (QED) is 0.441. The Morgan fingerprint density at radius 1 is 1.15 bits per heavy atom. The van der Waals surface area contributed by atoms with Gasteiger partial charge in [-0.1, -0.05) is 13.8 Å². The van der Waals surface area contributed by atoms with Crippen LogP contribution in [0.3, 0.4) is 0 Å². The molecule has 0 aromatic heterocycles. The molecule has 5 heteroatoms. The van der Waals surface area contributed by atoms with Crippen molar-refractivity contribution >= 4 is 11.8 Å². The topological polar surface area (TPSA) is 76.1 Å². The molecule has 1 spiro atoms. The van der Waals surface area contributed by atoms with Crippen LogP contribution in [-0.4, -0.2) is 41.8 Å². The number of hydrogen-bond donors (Lipinski definition) is 1. The Morgan fingerprint density at radius 3 is 2.65 bits per heavy atom. The summed E-state index contributed by atoms with van der Waals surface area (Å²) in [4.78, 5) is 25.0. The van der Waals surface area contributed by atoms with Crippen molar-refractivity contribution in [2.45, 2.75) is 76.6 Å². The van der Waals surface area contributed by atoms with Gasteiger partial charge in [0.1, 0.15) is 17.6 Å². The summed E-state index contributed by atoms with van der Waals surface area (Å²) in [6, 6.07) is 0. The van der Waals surface area contributed by atoms with E-state index >= 15 is 0 Å². The van der Waals surface area contributed by atoms with Gasteiger partial charge in [-0.25, -0.2) is 0 Å².